The molecule has 0 bridgehead atoms. The summed E-state index contributed by atoms with van der Waals surface area (Å²) in [6, 6.07) is 2.87. The number of halogens is 3. The molecule has 0 aromatic heterocycles. The number of carbonyl (C=O) groups is 1. The van der Waals surface area contributed by atoms with Crippen LogP contribution in [0.1, 0.15) is 16.8 Å². The van der Waals surface area contributed by atoms with Gasteiger partial charge in [-0.25, -0.2) is 4.39 Å². The number of benzene rings is 1. The highest BCUT2D eigenvalue weighted by Crippen LogP contribution is 2.24. The third-order valence-corrected chi connectivity index (χ3v) is 4.28. The molecular weight excluding hydrogens is 370 g/mol. The van der Waals surface area contributed by atoms with Gasteiger partial charge in [-0.05, 0) is 47.7 Å². The number of nitrogens with one attached hydrogen (secondary N) is 1. The predicted octanol–water partition coefficient (Wildman–Crippen LogP) is 2.52. The second kappa shape index (κ2) is 5.71. The van der Waals surface area contributed by atoms with Crippen molar-refractivity contribution in [3.63, 3.8) is 0 Å². The van der Waals surface area contributed by atoms with Gasteiger partial charge in [0.1, 0.15) is 5.82 Å². The number of hydrogen-bond acceptors (Lipinski definition) is 2. The molecule has 1 saturated heterocycles. The van der Waals surface area contributed by atoms with E-state index >= 15 is 0 Å². The van der Waals surface area contributed by atoms with E-state index in [4.69, 9.17) is 11.6 Å². The molecule has 1 aliphatic heterocycles. The lowest BCUT2D eigenvalue weighted by atomic mass is 10.1. The van der Waals surface area contributed by atoms with Gasteiger partial charge in [-0.15, -0.1) is 0 Å². The average molecular weight is 383 g/mol. The first kappa shape index (κ1) is 14.0. The van der Waals surface area contributed by atoms with Crippen LogP contribution in [0.25, 0.3) is 0 Å². The van der Waals surface area contributed by atoms with E-state index < -0.39 is 5.82 Å². The normalized spacial score (nSPS) is 19.0. The first-order valence-electron chi connectivity index (χ1n) is 5.63. The Labute approximate surface area is 124 Å². The van der Waals surface area contributed by atoms with Gasteiger partial charge in [0.25, 0.3) is 5.91 Å². The van der Waals surface area contributed by atoms with Crippen LogP contribution >= 0.6 is 34.2 Å². The summed E-state index contributed by atoms with van der Waals surface area (Å²) in [5.74, 6) is -0.561. The molecule has 18 heavy (non-hydrogen) atoms. The highest BCUT2D eigenvalue weighted by molar-refractivity contribution is 14.1. The zero-order valence-electron chi connectivity index (χ0n) is 9.84. The van der Waals surface area contributed by atoms with Gasteiger partial charge in [-0.2, -0.15) is 0 Å². The maximum atomic E-state index is 13.3. The van der Waals surface area contributed by atoms with E-state index in [2.05, 4.69) is 5.32 Å². The van der Waals surface area contributed by atoms with Crippen molar-refractivity contribution in [2.24, 2.45) is 0 Å². The van der Waals surface area contributed by atoms with Crippen molar-refractivity contribution >= 4 is 40.1 Å². The van der Waals surface area contributed by atoms with E-state index in [1.807, 2.05) is 22.6 Å². The van der Waals surface area contributed by atoms with E-state index in [1.165, 1.54) is 12.1 Å². The van der Waals surface area contributed by atoms with Gasteiger partial charge in [-0.1, -0.05) is 11.6 Å². The molecule has 0 radical (unpaired) electrons. The van der Waals surface area contributed by atoms with Crippen LogP contribution in [0.4, 0.5) is 4.39 Å². The fraction of sp³-hybridized carbons (Fsp3) is 0.417. The third kappa shape index (κ3) is 2.78. The lowest BCUT2D eigenvalue weighted by Gasteiger charge is -2.24. The van der Waals surface area contributed by atoms with Gasteiger partial charge in [0.2, 0.25) is 0 Å². The molecule has 1 aliphatic rings. The number of carbonyl (C=O) groups excluding carboxylic acids is 1. The molecule has 1 heterocycles. The Morgan fingerprint density at radius 1 is 1.61 bits per heavy atom. The Kier molecular flexibility index (Phi) is 4.45. The van der Waals surface area contributed by atoms with Gasteiger partial charge in [0, 0.05) is 23.2 Å². The van der Waals surface area contributed by atoms with Crippen molar-refractivity contribution in [1.82, 2.24) is 10.2 Å². The van der Waals surface area contributed by atoms with Gasteiger partial charge in [0.15, 0.2) is 0 Å². The van der Waals surface area contributed by atoms with Crippen LogP contribution in [0, 0.1) is 9.39 Å². The molecular formula is C12H13ClFIN2O. The lowest BCUT2D eigenvalue weighted by molar-refractivity contribution is 0.0744. The maximum Gasteiger partial charge on any atom is 0.255 e. The summed E-state index contributed by atoms with van der Waals surface area (Å²) in [6.07, 6.45) is 0.929. The molecule has 1 aromatic rings. The molecule has 98 valence electrons. The van der Waals surface area contributed by atoms with Crippen LogP contribution < -0.4 is 5.32 Å². The second-order valence-electron chi connectivity index (χ2n) is 4.31. The Balaban J connectivity index is 2.25. The summed E-state index contributed by atoms with van der Waals surface area (Å²) >= 11 is 7.80. The lowest BCUT2D eigenvalue weighted by Crippen LogP contribution is -2.38. The largest absolute Gasteiger partial charge is 0.337 e. The fourth-order valence-corrected chi connectivity index (χ4v) is 2.71. The van der Waals surface area contributed by atoms with Crippen molar-refractivity contribution in [3.8, 4) is 0 Å². The van der Waals surface area contributed by atoms with Crippen molar-refractivity contribution < 1.29 is 9.18 Å². The zero-order valence-corrected chi connectivity index (χ0v) is 12.8. The summed E-state index contributed by atoms with van der Waals surface area (Å²) in [4.78, 5) is 14.0. The number of nitrogens with zero attached hydrogens (tertiary/aromatic N) is 1. The Morgan fingerprint density at radius 2 is 2.33 bits per heavy atom. The van der Waals surface area contributed by atoms with Gasteiger partial charge in [-0.3, -0.25) is 4.79 Å². The number of amides is 1. The number of rotatable bonds is 2. The molecule has 1 fully saturated rings. The molecule has 1 N–H and O–H groups in total. The minimum atomic E-state index is -0.401. The van der Waals surface area contributed by atoms with Gasteiger partial charge in [0.05, 0.1) is 10.6 Å². The Bertz CT molecular complexity index is 477. The number of hydrogen-bond donors (Lipinski definition) is 1. The summed E-state index contributed by atoms with van der Waals surface area (Å²) < 4.78 is 13.7. The predicted molar refractivity (Wildman–Crippen MR) is 77.5 cm³/mol. The standard InChI is InChI=1S/C12H13ClFIN2O/c1-17(7-2-3-16-6-7)12(18)8-4-11(15)10(14)5-9(8)13/h4-5,7,16H,2-3,6H2,1H3. The Morgan fingerprint density at radius 3 is 2.94 bits per heavy atom. The topological polar surface area (TPSA) is 32.3 Å². The van der Waals surface area contributed by atoms with Crippen LogP contribution in [0.5, 0.6) is 0 Å². The first-order valence-corrected chi connectivity index (χ1v) is 7.09. The molecule has 0 spiro atoms. The zero-order chi connectivity index (χ0) is 13.3. The SMILES string of the molecule is CN(C(=O)c1cc(I)c(F)cc1Cl)C1CCNC1. The highest BCUT2D eigenvalue weighted by Gasteiger charge is 2.25. The molecule has 2 rings (SSSR count). The molecule has 0 aliphatic carbocycles. The van der Waals surface area contributed by atoms with E-state index in [-0.39, 0.29) is 17.0 Å². The highest BCUT2D eigenvalue weighted by atomic mass is 127. The second-order valence-corrected chi connectivity index (χ2v) is 5.88. The molecule has 3 nitrogen and oxygen atoms in total. The first-order chi connectivity index (χ1) is 8.50. The van der Waals surface area contributed by atoms with Crippen LogP contribution in [0.3, 0.4) is 0 Å². The molecule has 1 amide bonds. The summed E-state index contributed by atoms with van der Waals surface area (Å²) in [6.45, 7) is 1.70. The average Bonchev–Trinajstić information content (AvgIpc) is 2.85. The van der Waals surface area contributed by atoms with Crippen molar-refractivity contribution in [3.05, 3.63) is 32.1 Å². The summed E-state index contributed by atoms with van der Waals surface area (Å²) in [5.41, 5.74) is 0.358. The molecule has 6 heteroatoms. The van der Waals surface area contributed by atoms with Crippen LogP contribution in [-0.4, -0.2) is 37.0 Å². The third-order valence-electron chi connectivity index (χ3n) is 3.14. The summed E-state index contributed by atoms with van der Waals surface area (Å²) in [5, 5.41) is 3.37. The molecule has 1 unspecified atom stereocenters. The minimum Gasteiger partial charge on any atom is -0.337 e. The van der Waals surface area contributed by atoms with Gasteiger partial charge < -0.3 is 10.2 Å². The molecule has 1 aromatic carbocycles. The van der Waals surface area contributed by atoms with Crippen LogP contribution in [0.15, 0.2) is 12.1 Å². The molecule has 1 atom stereocenters. The van der Waals surface area contributed by atoms with E-state index in [9.17, 15) is 9.18 Å². The minimum absolute atomic E-state index is 0.161. The van der Waals surface area contributed by atoms with Crippen LogP contribution in [0.2, 0.25) is 5.02 Å². The monoisotopic (exact) mass is 382 g/mol. The van der Waals surface area contributed by atoms with Gasteiger partial charge >= 0.3 is 0 Å². The van der Waals surface area contributed by atoms with Crippen molar-refractivity contribution in [2.45, 2.75) is 12.5 Å². The number of likely N-dealkylation sites (N-methyl/N-ethyl adjacent to an activating group) is 1. The van der Waals surface area contributed by atoms with Crippen molar-refractivity contribution in [1.29, 1.82) is 0 Å². The van der Waals surface area contributed by atoms with E-state index in [0.717, 1.165) is 19.5 Å². The fourth-order valence-electron chi connectivity index (χ4n) is 2.01. The summed E-state index contributed by atoms with van der Waals surface area (Å²) in [7, 11) is 1.76. The quantitative estimate of drug-likeness (QED) is 0.630. The maximum absolute atomic E-state index is 13.3. The van der Waals surface area contributed by atoms with Crippen molar-refractivity contribution in [2.75, 3.05) is 20.1 Å². The Hall–Kier alpha value is -0.400. The van der Waals surface area contributed by atoms with Crippen LogP contribution in [-0.2, 0) is 0 Å². The molecule has 0 saturated carbocycles. The van der Waals surface area contributed by atoms with E-state index in [0.29, 0.717) is 9.13 Å². The smallest absolute Gasteiger partial charge is 0.255 e. The van der Waals surface area contributed by atoms with E-state index in [1.54, 1.807) is 11.9 Å².